The summed E-state index contributed by atoms with van der Waals surface area (Å²) in [5.74, 6) is 1.78. The van der Waals surface area contributed by atoms with Crippen molar-refractivity contribution < 1.29 is 28.5 Å². The number of quaternary nitrogens is 2. The summed E-state index contributed by atoms with van der Waals surface area (Å²) in [4.78, 5) is 14.6. The second-order valence-electron chi connectivity index (χ2n) is 7.15. The van der Waals surface area contributed by atoms with Crippen LogP contribution in [0.3, 0.4) is 0 Å². The SMILES string of the molecule is COC(=O)c1ccc(C[NH+]2CC[NH+](Cc3ccc4c(c3)CCO4)CC2)o1. The minimum atomic E-state index is -0.416. The zero-order chi connectivity index (χ0) is 17.9. The first-order valence-electron chi connectivity index (χ1n) is 9.30. The molecule has 2 aliphatic heterocycles. The first-order chi connectivity index (χ1) is 12.7. The number of carbonyl (C=O) groups is 1. The summed E-state index contributed by atoms with van der Waals surface area (Å²) in [6.07, 6.45) is 1.03. The van der Waals surface area contributed by atoms with Gasteiger partial charge in [0.1, 0.15) is 45.0 Å². The van der Waals surface area contributed by atoms with E-state index in [0.29, 0.717) is 0 Å². The molecule has 0 amide bonds. The molecule has 2 N–H and O–H groups in total. The van der Waals surface area contributed by atoms with Crippen molar-refractivity contribution in [1.82, 2.24) is 0 Å². The Morgan fingerprint density at radius 1 is 1.08 bits per heavy atom. The molecule has 0 spiro atoms. The number of ether oxygens (including phenoxy) is 2. The zero-order valence-electron chi connectivity index (χ0n) is 15.2. The minimum absolute atomic E-state index is 0.284. The van der Waals surface area contributed by atoms with Crippen LogP contribution >= 0.6 is 0 Å². The van der Waals surface area contributed by atoms with Crippen LogP contribution in [0.25, 0.3) is 0 Å². The van der Waals surface area contributed by atoms with Crippen molar-refractivity contribution >= 4 is 5.97 Å². The Hall–Kier alpha value is -2.31. The number of nitrogens with one attached hydrogen (secondary N) is 2. The molecule has 1 saturated heterocycles. The summed E-state index contributed by atoms with van der Waals surface area (Å²) in [7, 11) is 1.37. The number of carbonyl (C=O) groups excluding carboxylic acids is 1. The van der Waals surface area contributed by atoms with E-state index in [0.717, 1.165) is 63.8 Å². The molecule has 1 aromatic heterocycles. The van der Waals surface area contributed by atoms with Crippen molar-refractivity contribution in [3.05, 3.63) is 53.0 Å². The number of rotatable bonds is 5. The van der Waals surface area contributed by atoms with Crippen LogP contribution < -0.4 is 14.5 Å². The van der Waals surface area contributed by atoms with Crippen LogP contribution in [0.2, 0.25) is 0 Å². The quantitative estimate of drug-likeness (QED) is 0.707. The van der Waals surface area contributed by atoms with E-state index >= 15 is 0 Å². The standard InChI is InChI=1S/C20H24N2O4/c1-24-20(23)19-5-3-17(26-19)14-22-9-7-21(8-10-22)13-15-2-4-18-16(12-15)6-11-25-18/h2-5,12H,6-11,13-14H2,1H3/p+2. The van der Waals surface area contributed by atoms with Crippen LogP contribution in [0.5, 0.6) is 5.75 Å². The molecule has 1 fully saturated rings. The largest absolute Gasteiger partial charge is 0.493 e. The highest BCUT2D eigenvalue weighted by atomic mass is 16.5. The lowest BCUT2D eigenvalue weighted by molar-refractivity contribution is -1.02. The van der Waals surface area contributed by atoms with Crippen molar-refractivity contribution in [1.29, 1.82) is 0 Å². The number of benzene rings is 1. The zero-order valence-corrected chi connectivity index (χ0v) is 15.2. The number of furan rings is 1. The van der Waals surface area contributed by atoms with Gasteiger partial charge in [-0.15, -0.1) is 0 Å². The van der Waals surface area contributed by atoms with Crippen LogP contribution in [0, 0.1) is 0 Å². The fraction of sp³-hybridized carbons (Fsp3) is 0.450. The Morgan fingerprint density at radius 3 is 2.62 bits per heavy atom. The van der Waals surface area contributed by atoms with Crippen molar-refractivity contribution in [2.45, 2.75) is 19.5 Å². The molecule has 138 valence electrons. The lowest BCUT2D eigenvalue weighted by Crippen LogP contribution is -3.27. The molecule has 0 atom stereocenters. The van der Waals surface area contributed by atoms with E-state index in [9.17, 15) is 4.79 Å². The molecule has 6 heteroatoms. The monoisotopic (exact) mass is 358 g/mol. The van der Waals surface area contributed by atoms with E-state index in [1.165, 1.54) is 23.1 Å². The second-order valence-corrected chi connectivity index (χ2v) is 7.15. The highest BCUT2D eigenvalue weighted by Crippen LogP contribution is 2.25. The highest BCUT2D eigenvalue weighted by molar-refractivity contribution is 5.86. The van der Waals surface area contributed by atoms with Gasteiger partial charge in [0.25, 0.3) is 0 Å². The molecule has 6 nitrogen and oxygen atoms in total. The number of methoxy groups -OCH3 is 1. The summed E-state index contributed by atoms with van der Waals surface area (Å²) in [5, 5.41) is 0. The maximum absolute atomic E-state index is 11.5. The van der Waals surface area contributed by atoms with Gasteiger partial charge in [-0.1, -0.05) is 0 Å². The number of hydrogen-bond acceptors (Lipinski definition) is 4. The molecule has 0 aliphatic carbocycles. The van der Waals surface area contributed by atoms with E-state index in [-0.39, 0.29) is 5.76 Å². The average Bonchev–Trinajstić information content (AvgIpc) is 3.31. The molecule has 3 heterocycles. The first kappa shape index (κ1) is 17.1. The average molecular weight is 358 g/mol. The molecular formula is C20H26N2O4+2. The summed E-state index contributed by atoms with van der Waals surface area (Å²) < 4.78 is 15.9. The Bertz CT molecular complexity index is 778. The lowest BCUT2D eigenvalue weighted by Gasteiger charge is -2.29. The van der Waals surface area contributed by atoms with Gasteiger partial charge in [-0.2, -0.15) is 0 Å². The topological polar surface area (TPSA) is 57.5 Å². The third-order valence-electron chi connectivity index (χ3n) is 5.34. The molecule has 0 radical (unpaired) electrons. The smallest absolute Gasteiger partial charge is 0.373 e. The first-order valence-corrected chi connectivity index (χ1v) is 9.30. The Kier molecular flexibility index (Phi) is 4.95. The third kappa shape index (κ3) is 3.76. The Morgan fingerprint density at radius 2 is 1.85 bits per heavy atom. The predicted molar refractivity (Wildman–Crippen MR) is 94.5 cm³/mol. The van der Waals surface area contributed by atoms with E-state index in [2.05, 4.69) is 22.9 Å². The van der Waals surface area contributed by atoms with Gasteiger partial charge in [-0.3, -0.25) is 0 Å². The molecule has 0 unspecified atom stereocenters. The summed E-state index contributed by atoms with van der Waals surface area (Å²) in [6, 6.07) is 10.2. The summed E-state index contributed by atoms with van der Waals surface area (Å²) in [6.45, 7) is 7.22. The van der Waals surface area contributed by atoms with Crippen molar-refractivity contribution in [2.75, 3.05) is 39.9 Å². The minimum Gasteiger partial charge on any atom is -0.493 e. The molecule has 2 aromatic rings. The van der Waals surface area contributed by atoms with Crippen LogP contribution in [0.4, 0.5) is 0 Å². The van der Waals surface area contributed by atoms with Gasteiger partial charge in [-0.25, -0.2) is 4.79 Å². The lowest BCUT2D eigenvalue weighted by atomic mass is 10.1. The fourth-order valence-electron chi connectivity index (χ4n) is 3.88. The molecular weight excluding hydrogens is 332 g/mol. The number of piperazine rings is 1. The van der Waals surface area contributed by atoms with Gasteiger partial charge in [0.15, 0.2) is 5.76 Å². The molecule has 0 bridgehead atoms. The Labute approximate surface area is 153 Å². The van der Waals surface area contributed by atoms with Crippen LogP contribution in [-0.4, -0.2) is 45.9 Å². The van der Waals surface area contributed by atoms with Gasteiger partial charge < -0.3 is 23.7 Å². The van der Waals surface area contributed by atoms with E-state index in [1.807, 2.05) is 6.07 Å². The van der Waals surface area contributed by atoms with Gasteiger partial charge in [0, 0.05) is 12.0 Å². The van der Waals surface area contributed by atoms with Crippen molar-refractivity contribution in [3.8, 4) is 5.75 Å². The van der Waals surface area contributed by atoms with Gasteiger partial charge in [-0.05, 0) is 35.9 Å². The van der Waals surface area contributed by atoms with Gasteiger partial charge in [0.2, 0.25) is 5.76 Å². The molecule has 4 rings (SSSR count). The molecule has 26 heavy (non-hydrogen) atoms. The molecule has 2 aliphatic rings. The summed E-state index contributed by atoms with van der Waals surface area (Å²) >= 11 is 0. The predicted octanol–water partition coefficient (Wildman–Crippen LogP) is -0.515. The van der Waals surface area contributed by atoms with Crippen LogP contribution in [0.1, 0.15) is 27.4 Å². The number of fused-ring (bicyclic) bond motifs is 1. The van der Waals surface area contributed by atoms with E-state index < -0.39 is 5.97 Å². The third-order valence-corrected chi connectivity index (χ3v) is 5.34. The maximum Gasteiger partial charge on any atom is 0.373 e. The number of hydrogen-bond donors (Lipinski definition) is 2. The van der Waals surface area contributed by atoms with Crippen LogP contribution in [0.15, 0.2) is 34.7 Å². The molecule has 1 aromatic carbocycles. The van der Waals surface area contributed by atoms with Gasteiger partial charge in [0.05, 0.1) is 13.7 Å². The normalized spacial score (nSPS) is 21.9. The number of esters is 1. The van der Waals surface area contributed by atoms with Crippen molar-refractivity contribution in [2.24, 2.45) is 0 Å². The fourth-order valence-corrected chi connectivity index (χ4v) is 3.88. The van der Waals surface area contributed by atoms with E-state index in [1.54, 1.807) is 11.0 Å². The maximum atomic E-state index is 11.5. The van der Waals surface area contributed by atoms with Crippen LogP contribution in [-0.2, 0) is 24.2 Å². The Balaban J connectivity index is 1.27. The van der Waals surface area contributed by atoms with Gasteiger partial charge >= 0.3 is 5.97 Å². The second kappa shape index (κ2) is 7.51. The van der Waals surface area contributed by atoms with E-state index in [4.69, 9.17) is 9.15 Å². The van der Waals surface area contributed by atoms with Crippen molar-refractivity contribution in [3.63, 3.8) is 0 Å². The highest BCUT2D eigenvalue weighted by Gasteiger charge is 2.25. The molecule has 0 saturated carbocycles. The summed E-state index contributed by atoms with van der Waals surface area (Å²) in [5.41, 5.74) is 2.76.